The first-order valence-corrected chi connectivity index (χ1v) is 8.11. The van der Waals surface area contributed by atoms with Gasteiger partial charge in [0.2, 0.25) is 0 Å². The standard InChI is InChI=1S/C15H12BrCl3/c16-9-11(10-4-6-12(17)7-5-10)8-13-14(18)2-1-3-15(13)19/h1-7,11H,8-9H2. The molecule has 0 amide bonds. The van der Waals surface area contributed by atoms with Crippen LogP contribution in [0.1, 0.15) is 17.0 Å². The largest absolute Gasteiger partial charge is 0.0921 e. The quantitative estimate of drug-likeness (QED) is 0.542. The van der Waals surface area contributed by atoms with Crippen LogP contribution >= 0.6 is 50.7 Å². The topological polar surface area (TPSA) is 0 Å². The van der Waals surface area contributed by atoms with E-state index in [1.165, 1.54) is 5.56 Å². The van der Waals surface area contributed by atoms with E-state index in [1.54, 1.807) is 0 Å². The molecule has 0 nitrogen and oxygen atoms in total. The Hall–Kier alpha value is -0.210. The molecule has 0 aliphatic carbocycles. The van der Waals surface area contributed by atoms with Crippen molar-refractivity contribution < 1.29 is 0 Å². The van der Waals surface area contributed by atoms with Crippen molar-refractivity contribution in [1.29, 1.82) is 0 Å². The van der Waals surface area contributed by atoms with E-state index in [0.29, 0.717) is 16.0 Å². The first-order chi connectivity index (χ1) is 9.11. The first kappa shape index (κ1) is 15.2. The summed E-state index contributed by atoms with van der Waals surface area (Å²) in [6.45, 7) is 0. The van der Waals surface area contributed by atoms with Gasteiger partial charge in [-0.15, -0.1) is 0 Å². The molecule has 0 heterocycles. The SMILES string of the molecule is Clc1ccc(C(CBr)Cc2c(Cl)cccc2Cl)cc1. The molecule has 0 N–H and O–H groups in total. The molecule has 0 aliphatic rings. The molecular formula is C15H12BrCl3. The highest BCUT2D eigenvalue weighted by Gasteiger charge is 2.15. The maximum atomic E-state index is 6.22. The minimum atomic E-state index is 0.315. The third-order valence-electron chi connectivity index (χ3n) is 3.04. The number of benzene rings is 2. The van der Waals surface area contributed by atoms with Crippen molar-refractivity contribution >= 4 is 50.7 Å². The van der Waals surface area contributed by atoms with Gasteiger partial charge in [0, 0.05) is 20.4 Å². The summed E-state index contributed by atoms with van der Waals surface area (Å²) in [7, 11) is 0. The highest BCUT2D eigenvalue weighted by atomic mass is 79.9. The number of rotatable bonds is 4. The molecule has 0 bridgehead atoms. The lowest BCUT2D eigenvalue weighted by atomic mass is 9.94. The minimum Gasteiger partial charge on any atom is -0.0921 e. The summed E-state index contributed by atoms with van der Waals surface area (Å²) in [5.74, 6) is 0.315. The van der Waals surface area contributed by atoms with Crippen LogP contribution in [-0.2, 0) is 6.42 Å². The van der Waals surface area contributed by atoms with Gasteiger partial charge < -0.3 is 0 Å². The molecule has 4 heteroatoms. The normalized spacial score (nSPS) is 12.4. The van der Waals surface area contributed by atoms with E-state index >= 15 is 0 Å². The second kappa shape index (κ2) is 6.99. The lowest BCUT2D eigenvalue weighted by Gasteiger charge is -2.16. The van der Waals surface area contributed by atoms with E-state index in [0.717, 1.165) is 22.3 Å². The third kappa shape index (κ3) is 3.88. The lowest BCUT2D eigenvalue weighted by Crippen LogP contribution is -2.05. The highest BCUT2D eigenvalue weighted by molar-refractivity contribution is 9.09. The van der Waals surface area contributed by atoms with Gasteiger partial charge in [-0.1, -0.05) is 68.9 Å². The minimum absolute atomic E-state index is 0.315. The van der Waals surface area contributed by atoms with Gasteiger partial charge in [-0.3, -0.25) is 0 Å². The molecular weight excluding hydrogens is 366 g/mol. The Kier molecular flexibility index (Phi) is 5.58. The van der Waals surface area contributed by atoms with Crippen molar-refractivity contribution in [2.45, 2.75) is 12.3 Å². The molecule has 0 aliphatic heterocycles. The molecule has 2 aromatic carbocycles. The fourth-order valence-electron chi connectivity index (χ4n) is 1.97. The van der Waals surface area contributed by atoms with Crippen LogP contribution in [0.5, 0.6) is 0 Å². The fraction of sp³-hybridized carbons (Fsp3) is 0.200. The number of alkyl halides is 1. The first-order valence-electron chi connectivity index (χ1n) is 5.86. The van der Waals surface area contributed by atoms with E-state index in [1.807, 2.05) is 42.5 Å². The van der Waals surface area contributed by atoms with Crippen LogP contribution in [0.2, 0.25) is 15.1 Å². The molecule has 0 fully saturated rings. The molecule has 0 saturated heterocycles. The second-order valence-electron chi connectivity index (χ2n) is 4.31. The Balaban J connectivity index is 2.26. The van der Waals surface area contributed by atoms with Crippen molar-refractivity contribution in [2.24, 2.45) is 0 Å². The van der Waals surface area contributed by atoms with Crippen LogP contribution in [-0.4, -0.2) is 5.33 Å². The summed E-state index contributed by atoms with van der Waals surface area (Å²) in [6.07, 6.45) is 0.797. The van der Waals surface area contributed by atoms with E-state index in [9.17, 15) is 0 Å². The van der Waals surface area contributed by atoms with Crippen LogP contribution < -0.4 is 0 Å². The van der Waals surface area contributed by atoms with E-state index in [4.69, 9.17) is 34.8 Å². The van der Waals surface area contributed by atoms with Gasteiger partial charge in [0.25, 0.3) is 0 Å². The Morgan fingerprint density at radius 3 is 2.00 bits per heavy atom. The monoisotopic (exact) mass is 376 g/mol. The predicted molar refractivity (Wildman–Crippen MR) is 88.2 cm³/mol. The Labute approximate surface area is 136 Å². The van der Waals surface area contributed by atoms with E-state index in [-0.39, 0.29) is 0 Å². The van der Waals surface area contributed by atoms with Crippen molar-refractivity contribution in [3.63, 3.8) is 0 Å². The van der Waals surface area contributed by atoms with Crippen molar-refractivity contribution in [1.82, 2.24) is 0 Å². The molecule has 100 valence electrons. The van der Waals surface area contributed by atoms with Gasteiger partial charge in [0.05, 0.1) is 0 Å². The Morgan fingerprint density at radius 2 is 1.47 bits per heavy atom. The maximum Gasteiger partial charge on any atom is 0.0453 e. The number of hydrogen-bond donors (Lipinski definition) is 0. The molecule has 0 aromatic heterocycles. The summed E-state index contributed by atoms with van der Waals surface area (Å²) in [6, 6.07) is 13.5. The summed E-state index contributed by atoms with van der Waals surface area (Å²) in [5, 5.41) is 3.02. The van der Waals surface area contributed by atoms with Crippen LogP contribution in [0.15, 0.2) is 42.5 Å². The molecule has 0 saturated carbocycles. The van der Waals surface area contributed by atoms with Gasteiger partial charge in [0.1, 0.15) is 0 Å². The Morgan fingerprint density at radius 1 is 0.895 bits per heavy atom. The van der Waals surface area contributed by atoms with Gasteiger partial charge in [-0.25, -0.2) is 0 Å². The fourth-order valence-corrected chi connectivity index (χ4v) is 3.25. The number of halogens is 4. The van der Waals surface area contributed by atoms with Crippen LogP contribution in [0.25, 0.3) is 0 Å². The van der Waals surface area contributed by atoms with Crippen molar-refractivity contribution in [3.8, 4) is 0 Å². The molecule has 0 radical (unpaired) electrons. The highest BCUT2D eigenvalue weighted by Crippen LogP contribution is 2.31. The second-order valence-corrected chi connectivity index (χ2v) is 6.21. The average Bonchev–Trinajstić information content (AvgIpc) is 2.40. The summed E-state index contributed by atoms with van der Waals surface area (Å²) in [4.78, 5) is 0. The molecule has 0 spiro atoms. The maximum absolute atomic E-state index is 6.22. The summed E-state index contributed by atoms with van der Waals surface area (Å²) < 4.78 is 0. The lowest BCUT2D eigenvalue weighted by molar-refractivity contribution is 0.776. The molecule has 1 unspecified atom stereocenters. The molecule has 2 aromatic rings. The van der Waals surface area contributed by atoms with Gasteiger partial charge in [-0.2, -0.15) is 0 Å². The zero-order valence-electron chi connectivity index (χ0n) is 10.0. The van der Waals surface area contributed by atoms with Gasteiger partial charge in [0.15, 0.2) is 0 Å². The van der Waals surface area contributed by atoms with Crippen LogP contribution in [0.4, 0.5) is 0 Å². The zero-order valence-corrected chi connectivity index (χ0v) is 13.9. The predicted octanol–water partition coefficient (Wildman–Crippen LogP) is 6.37. The number of hydrogen-bond acceptors (Lipinski definition) is 0. The van der Waals surface area contributed by atoms with Crippen LogP contribution in [0, 0.1) is 0 Å². The Bertz CT molecular complexity index is 532. The summed E-state index contributed by atoms with van der Waals surface area (Å²) in [5.41, 5.74) is 2.21. The van der Waals surface area contributed by atoms with Crippen molar-refractivity contribution in [2.75, 3.05) is 5.33 Å². The third-order valence-corrected chi connectivity index (χ3v) is 4.78. The smallest absolute Gasteiger partial charge is 0.0453 e. The average molecular weight is 379 g/mol. The van der Waals surface area contributed by atoms with E-state index in [2.05, 4.69) is 15.9 Å². The molecule has 1 atom stereocenters. The van der Waals surface area contributed by atoms with Crippen LogP contribution in [0.3, 0.4) is 0 Å². The molecule has 19 heavy (non-hydrogen) atoms. The van der Waals surface area contributed by atoms with E-state index < -0.39 is 0 Å². The van der Waals surface area contributed by atoms with Gasteiger partial charge in [-0.05, 0) is 47.7 Å². The molecule has 2 rings (SSSR count). The van der Waals surface area contributed by atoms with Crippen molar-refractivity contribution in [3.05, 3.63) is 68.7 Å². The van der Waals surface area contributed by atoms with Gasteiger partial charge >= 0.3 is 0 Å². The zero-order chi connectivity index (χ0) is 13.8. The summed E-state index contributed by atoms with van der Waals surface area (Å²) >= 11 is 21.9.